The zero-order valence-corrected chi connectivity index (χ0v) is 23.3. The summed E-state index contributed by atoms with van der Waals surface area (Å²) in [6, 6.07) is 4.09. The Kier molecular flexibility index (Phi) is 7.05. The molecule has 2 aromatic rings. The van der Waals surface area contributed by atoms with Crippen LogP contribution >= 0.6 is 0 Å². The summed E-state index contributed by atoms with van der Waals surface area (Å²) in [5, 5.41) is 3.38. The number of likely N-dealkylation sites (N-methyl/N-ethyl adjacent to an activating group) is 1. The fourth-order valence-corrected chi connectivity index (χ4v) is 6.72. The van der Waals surface area contributed by atoms with Gasteiger partial charge in [0.05, 0.1) is 25.5 Å². The van der Waals surface area contributed by atoms with Crippen LogP contribution in [-0.4, -0.2) is 79.1 Å². The van der Waals surface area contributed by atoms with E-state index < -0.39 is 0 Å². The average molecular weight is 534 g/mol. The Morgan fingerprint density at radius 3 is 2.59 bits per heavy atom. The Hall–Kier alpha value is -3.40. The van der Waals surface area contributed by atoms with E-state index in [0.29, 0.717) is 30.8 Å². The molecule has 0 unspecified atom stereocenters. The zero-order chi connectivity index (χ0) is 27.1. The highest BCUT2D eigenvalue weighted by Crippen LogP contribution is 2.42. The Balaban J connectivity index is 1.31. The molecule has 1 atom stereocenters. The molecule has 1 saturated heterocycles. The van der Waals surface area contributed by atoms with Crippen molar-refractivity contribution >= 4 is 40.6 Å². The van der Waals surface area contributed by atoms with E-state index in [0.717, 1.165) is 80.1 Å². The highest BCUT2D eigenvalue weighted by molar-refractivity contribution is 6.04. The first-order valence-corrected chi connectivity index (χ1v) is 14.4. The summed E-state index contributed by atoms with van der Waals surface area (Å²) < 4.78 is 5.73. The van der Waals surface area contributed by atoms with E-state index in [1.54, 1.807) is 18.2 Å². The molecule has 4 aliphatic rings. The van der Waals surface area contributed by atoms with E-state index in [4.69, 9.17) is 9.72 Å². The number of aromatic nitrogens is 2. The van der Waals surface area contributed by atoms with Crippen LogP contribution in [0.2, 0.25) is 0 Å². The van der Waals surface area contributed by atoms with Gasteiger partial charge in [0.25, 0.3) is 0 Å². The number of carbonyl (C=O) groups is 2. The predicted octanol–water partition coefficient (Wildman–Crippen LogP) is 3.72. The molecule has 1 saturated carbocycles. The standard InChI is InChI=1S/C29H39N7O3/c1-4-22-28(38)33(2)24-17-30-29(32-27(24)36(22)20-9-5-6-10-20)31-21-16-23-19(15-25(21)39-3)11-14-35(23)26(37)18-34-12-7-8-13-34/h15-17,20,22H,4-14,18H2,1-3H3,(H,30,31,32)/t22-/m1/s1. The summed E-state index contributed by atoms with van der Waals surface area (Å²) in [4.78, 5) is 44.1. The molecule has 0 bridgehead atoms. The first-order valence-electron chi connectivity index (χ1n) is 14.4. The number of hydrogen-bond donors (Lipinski definition) is 1. The van der Waals surface area contributed by atoms with Gasteiger partial charge in [-0.25, -0.2) is 4.98 Å². The fourth-order valence-electron chi connectivity index (χ4n) is 6.72. The van der Waals surface area contributed by atoms with E-state index in [-0.39, 0.29) is 17.9 Å². The molecule has 0 radical (unpaired) electrons. The maximum Gasteiger partial charge on any atom is 0.249 e. The number of rotatable bonds is 7. The SMILES string of the molecule is CC[C@@H]1C(=O)N(C)c2cnc(Nc3cc4c(cc3OC)CCN4C(=O)CN3CCCC3)nc2N1C1CCCC1. The molecule has 10 heteroatoms. The van der Waals surface area contributed by atoms with E-state index in [1.807, 2.05) is 24.1 Å². The maximum atomic E-state index is 13.2. The second-order valence-electron chi connectivity index (χ2n) is 11.2. The van der Waals surface area contributed by atoms with Crippen molar-refractivity contribution in [1.29, 1.82) is 0 Å². The lowest BCUT2D eigenvalue weighted by Gasteiger charge is -2.43. The summed E-state index contributed by atoms with van der Waals surface area (Å²) >= 11 is 0. The van der Waals surface area contributed by atoms with Gasteiger partial charge in [-0.3, -0.25) is 14.5 Å². The van der Waals surface area contributed by atoms with Crippen LogP contribution in [0.15, 0.2) is 18.3 Å². The van der Waals surface area contributed by atoms with Crippen LogP contribution in [0.1, 0.15) is 57.4 Å². The molecular formula is C29H39N7O3. The van der Waals surface area contributed by atoms with Crippen molar-refractivity contribution in [3.63, 3.8) is 0 Å². The van der Waals surface area contributed by atoms with Gasteiger partial charge in [0.2, 0.25) is 17.8 Å². The number of nitrogens with one attached hydrogen (secondary N) is 1. The van der Waals surface area contributed by atoms with Gasteiger partial charge in [-0.15, -0.1) is 0 Å². The largest absolute Gasteiger partial charge is 0.495 e. The third-order valence-electron chi connectivity index (χ3n) is 8.81. The van der Waals surface area contributed by atoms with Crippen molar-refractivity contribution in [2.75, 3.05) is 60.4 Å². The number of carbonyl (C=O) groups excluding carboxylic acids is 2. The number of methoxy groups -OCH3 is 1. The number of benzene rings is 1. The van der Waals surface area contributed by atoms with Crippen molar-refractivity contribution in [3.8, 4) is 5.75 Å². The number of amides is 2. The molecule has 1 aromatic heterocycles. The Labute approximate surface area is 230 Å². The maximum absolute atomic E-state index is 13.2. The zero-order valence-electron chi connectivity index (χ0n) is 23.3. The topological polar surface area (TPSA) is 94.1 Å². The molecule has 1 N–H and O–H groups in total. The molecule has 2 amide bonds. The second kappa shape index (κ2) is 10.6. The number of ether oxygens (including phenoxy) is 1. The monoisotopic (exact) mass is 533 g/mol. The molecule has 6 rings (SSSR count). The smallest absolute Gasteiger partial charge is 0.249 e. The van der Waals surface area contributed by atoms with Crippen molar-refractivity contribution in [2.45, 2.75) is 70.4 Å². The van der Waals surface area contributed by atoms with Crippen LogP contribution in [0.5, 0.6) is 5.75 Å². The Morgan fingerprint density at radius 2 is 1.87 bits per heavy atom. The normalized spacial score (nSPS) is 21.5. The second-order valence-corrected chi connectivity index (χ2v) is 11.2. The van der Waals surface area contributed by atoms with Gasteiger partial charge in [0.1, 0.15) is 17.5 Å². The molecule has 1 aromatic carbocycles. The van der Waals surface area contributed by atoms with Crippen molar-refractivity contribution in [2.24, 2.45) is 0 Å². The lowest BCUT2D eigenvalue weighted by atomic mass is 10.0. The molecule has 3 aliphatic heterocycles. The van der Waals surface area contributed by atoms with Crippen LogP contribution in [0.3, 0.4) is 0 Å². The van der Waals surface area contributed by atoms with Crippen LogP contribution in [0.4, 0.5) is 28.8 Å². The van der Waals surface area contributed by atoms with Gasteiger partial charge in [-0.2, -0.15) is 4.98 Å². The summed E-state index contributed by atoms with van der Waals surface area (Å²) in [7, 11) is 3.46. The lowest BCUT2D eigenvalue weighted by Crippen LogP contribution is -2.55. The summed E-state index contributed by atoms with van der Waals surface area (Å²) in [5.74, 6) is 2.18. The van der Waals surface area contributed by atoms with Crippen LogP contribution < -0.4 is 24.8 Å². The highest BCUT2D eigenvalue weighted by atomic mass is 16.5. The number of hydrogen-bond acceptors (Lipinski definition) is 8. The van der Waals surface area contributed by atoms with Gasteiger partial charge >= 0.3 is 0 Å². The van der Waals surface area contributed by atoms with E-state index in [1.165, 1.54) is 12.8 Å². The molecule has 1 aliphatic carbocycles. The summed E-state index contributed by atoms with van der Waals surface area (Å²) in [6.45, 7) is 5.20. The Bertz CT molecular complexity index is 1260. The van der Waals surface area contributed by atoms with Gasteiger partial charge in [0.15, 0.2) is 5.82 Å². The molecule has 2 fully saturated rings. The van der Waals surface area contributed by atoms with Gasteiger partial charge in [0, 0.05) is 25.3 Å². The van der Waals surface area contributed by atoms with Crippen LogP contribution in [0, 0.1) is 0 Å². The molecule has 10 nitrogen and oxygen atoms in total. The Morgan fingerprint density at radius 1 is 1.10 bits per heavy atom. The van der Waals surface area contributed by atoms with Crippen molar-refractivity contribution in [1.82, 2.24) is 14.9 Å². The first kappa shape index (κ1) is 25.9. The molecule has 208 valence electrons. The van der Waals surface area contributed by atoms with Gasteiger partial charge in [-0.05, 0) is 69.3 Å². The number of anilines is 5. The average Bonchev–Trinajstić information content (AvgIpc) is 3.72. The number of nitrogens with zero attached hydrogens (tertiary/aromatic N) is 6. The number of likely N-dealkylation sites (tertiary alicyclic amines) is 1. The summed E-state index contributed by atoms with van der Waals surface area (Å²) in [6.07, 6.45) is 10.1. The van der Waals surface area contributed by atoms with Crippen molar-refractivity contribution < 1.29 is 14.3 Å². The molecule has 0 spiro atoms. The molecule has 39 heavy (non-hydrogen) atoms. The van der Waals surface area contributed by atoms with E-state index in [9.17, 15) is 9.59 Å². The third kappa shape index (κ3) is 4.68. The van der Waals surface area contributed by atoms with Crippen LogP contribution in [0.25, 0.3) is 0 Å². The van der Waals surface area contributed by atoms with E-state index in [2.05, 4.69) is 27.0 Å². The van der Waals surface area contributed by atoms with Crippen molar-refractivity contribution in [3.05, 3.63) is 23.9 Å². The third-order valence-corrected chi connectivity index (χ3v) is 8.81. The minimum atomic E-state index is -0.224. The van der Waals surface area contributed by atoms with Gasteiger partial charge < -0.3 is 24.8 Å². The highest BCUT2D eigenvalue weighted by Gasteiger charge is 2.41. The quantitative estimate of drug-likeness (QED) is 0.576. The number of fused-ring (bicyclic) bond motifs is 2. The van der Waals surface area contributed by atoms with E-state index >= 15 is 0 Å². The molecule has 4 heterocycles. The first-order chi connectivity index (χ1) is 19.0. The minimum absolute atomic E-state index is 0.0974. The predicted molar refractivity (Wildman–Crippen MR) is 152 cm³/mol. The summed E-state index contributed by atoms with van der Waals surface area (Å²) in [5.41, 5.74) is 3.49. The minimum Gasteiger partial charge on any atom is -0.495 e. The van der Waals surface area contributed by atoms with Crippen LogP contribution in [-0.2, 0) is 16.0 Å². The lowest BCUT2D eigenvalue weighted by molar-refractivity contribution is -0.120. The fraction of sp³-hybridized carbons (Fsp3) is 0.586. The van der Waals surface area contributed by atoms with Gasteiger partial charge in [-0.1, -0.05) is 19.8 Å². The molecular weight excluding hydrogens is 494 g/mol.